The number of aromatic amines is 1. The average molecular weight is 462 g/mol. The predicted molar refractivity (Wildman–Crippen MR) is 131 cm³/mol. The molecule has 2 aromatic carbocycles. The number of pyridine rings is 1. The van der Waals surface area contributed by atoms with E-state index in [1.54, 1.807) is 18.2 Å². The Balaban J connectivity index is 1.35. The molecule has 1 aliphatic heterocycles. The summed E-state index contributed by atoms with van der Waals surface area (Å²) in [7, 11) is -3.68. The van der Waals surface area contributed by atoms with Crippen LogP contribution in [-0.4, -0.2) is 43.0 Å². The first-order valence-corrected chi connectivity index (χ1v) is 12.7. The summed E-state index contributed by atoms with van der Waals surface area (Å²) < 4.78 is 27.9. The Morgan fingerprint density at radius 3 is 2.58 bits per heavy atom. The molecular formula is C25H27N5O2S. The lowest BCUT2D eigenvalue weighted by Gasteiger charge is -2.32. The molecule has 0 bridgehead atoms. The molecular weight excluding hydrogens is 434 g/mol. The number of nitrogens with one attached hydrogen (secondary N) is 1. The summed E-state index contributed by atoms with van der Waals surface area (Å²) in [6.45, 7) is 3.86. The summed E-state index contributed by atoms with van der Waals surface area (Å²) in [6.07, 6.45) is 3.56. The second-order valence-electron chi connectivity index (χ2n) is 8.28. The summed E-state index contributed by atoms with van der Waals surface area (Å²) in [5.41, 5.74) is 2.68. The van der Waals surface area contributed by atoms with Gasteiger partial charge in [-0.05, 0) is 56.2 Å². The topological polar surface area (TPSA) is 82.2 Å². The average Bonchev–Trinajstić information content (AvgIpc) is 3.30. The zero-order valence-corrected chi connectivity index (χ0v) is 19.4. The number of benzene rings is 2. The molecule has 1 aliphatic rings. The smallest absolute Gasteiger partial charge is 0.265 e. The van der Waals surface area contributed by atoms with Gasteiger partial charge in [0.1, 0.15) is 16.5 Å². The van der Waals surface area contributed by atoms with Crippen molar-refractivity contribution < 1.29 is 8.42 Å². The molecule has 3 heterocycles. The summed E-state index contributed by atoms with van der Waals surface area (Å²) in [5.74, 6) is 2.07. The normalized spacial score (nSPS) is 16.8. The van der Waals surface area contributed by atoms with Crippen molar-refractivity contribution >= 4 is 32.6 Å². The molecule has 0 unspecified atom stereocenters. The van der Waals surface area contributed by atoms with Crippen molar-refractivity contribution in [3.05, 3.63) is 78.8 Å². The lowest BCUT2D eigenvalue weighted by Crippen LogP contribution is -2.35. The molecule has 5 rings (SSSR count). The number of hydrogen-bond donors (Lipinski definition) is 1. The van der Waals surface area contributed by atoms with Gasteiger partial charge in [0.25, 0.3) is 10.0 Å². The van der Waals surface area contributed by atoms with E-state index in [1.165, 1.54) is 10.5 Å². The van der Waals surface area contributed by atoms with Crippen molar-refractivity contribution in [2.45, 2.75) is 30.6 Å². The Hall–Kier alpha value is -3.39. The number of aromatic nitrogens is 3. The Bertz CT molecular complexity index is 1300. The fraction of sp³-hybridized carbons (Fsp3) is 0.280. The van der Waals surface area contributed by atoms with Gasteiger partial charge in [0.05, 0.1) is 16.7 Å². The van der Waals surface area contributed by atoms with Crippen molar-refractivity contribution in [1.82, 2.24) is 15.0 Å². The highest BCUT2D eigenvalue weighted by Crippen LogP contribution is 2.30. The molecule has 0 radical (unpaired) electrons. The van der Waals surface area contributed by atoms with Gasteiger partial charge in [-0.3, -0.25) is 4.31 Å². The number of para-hydroxylation sites is 3. The number of fused-ring (bicyclic) bond motifs is 1. The summed E-state index contributed by atoms with van der Waals surface area (Å²) in [6, 6.07) is 20.7. The maximum absolute atomic E-state index is 13.2. The van der Waals surface area contributed by atoms with E-state index < -0.39 is 10.0 Å². The van der Waals surface area contributed by atoms with Crippen molar-refractivity contribution in [2.75, 3.05) is 28.8 Å². The molecule has 7 nitrogen and oxygen atoms in total. The molecule has 0 aliphatic carbocycles. The molecule has 8 heteroatoms. The fourth-order valence-corrected chi connectivity index (χ4v) is 5.92. The molecule has 1 saturated heterocycles. The third-order valence-corrected chi connectivity index (χ3v) is 8.07. The predicted octanol–water partition coefficient (Wildman–Crippen LogP) is 4.56. The highest BCUT2D eigenvalue weighted by atomic mass is 32.2. The van der Waals surface area contributed by atoms with Gasteiger partial charge in [-0.1, -0.05) is 30.3 Å². The van der Waals surface area contributed by atoms with E-state index in [9.17, 15) is 8.42 Å². The van der Waals surface area contributed by atoms with E-state index in [-0.39, 0.29) is 10.8 Å². The van der Waals surface area contributed by atoms with Crippen molar-refractivity contribution in [1.29, 1.82) is 0 Å². The standard InChI is InChI=1S/C25H27N5O2S/c1-2-30(20-10-4-3-5-11-20)33(31,32)21-14-15-24(26-17-21)29-16-8-9-19(18-29)25-27-22-12-6-7-13-23(22)28-25/h3-7,10-15,17,19H,2,8-9,16,18H2,1H3,(H,27,28)/t19-/m0/s1. The van der Waals surface area contributed by atoms with Crippen LogP contribution in [-0.2, 0) is 10.0 Å². The largest absolute Gasteiger partial charge is 0.356 e. The fourth-order valence-electron chi connectivity index (χ4n) is 4.50. The number of nitrogens with zero attached hydrogens (tertiary/aromatic N) is 4. The first kappa shape index (κ1) is 21.5. The molecule has 1 atom stereocenters. The van der Waals surface area contributed by atoms with Gasteiger partial charge in [-0.2, -0.15) is 0 Å². The van der Waals surface area contributed by atoms with Crippen molar-refractivity contribution in [3.63, 3.8) is 0 Å². The number of hydrogen-bond acceptors (Lipinski definition) is 5. The zero-order chi connectivity index (χ0) is 22.8. The lowest BCUT2D eigenvalue weighted by atomic mass is 9.97. The van der Waals surface area contributed by atoms with Crippen LogP contribution in [0.25, 0.3) is 11.0 Å². The van der Waals surface area contributed by atoms with Gasteiger partial charge in [0, 0.05) is 31.7 Å². The maximum atomic E-state index is 13.2. The maximum Gasteiger partial charge on any atom is 0.265 e. The Kier molecular flexibility index (Phi) is 5.76. The molecule has 4 aromatic rings. The van der Waals surface area contributed by atoms with Crippen LogP contribution >= 0.6 is 0 Å². The number of H-pyrrole nitrogens is 1. The molecule has 2 aromatic heterocycles. The van der Waals surface area contributed by atoms with Crippen LogP contribution in [0, 0.1) is 0 Å². The molecule has 0 spiro atoms. The summed E-state index contributed by atoms with van der Waals surface area (Å²) >= 11 is 0. The lowest BCUT2D eigenvalue weighted by molar-refractivity contribution is 0.492. The van der Waals surface area contributed by atoms with Crippen LogP contribution in [0.4, 0.5) is 11.5 Å². The number of imidazole rings is 1. The Labute approximate surface area is 194 Å². The number of piperidine rings is 1. The van der Waals surface area contributed by atoms with Crippen LogP contribution in [0.2, 0.25) is 0 Å². The highest BCUT2D eigenvalue weighted by molar-refractivity contribution is 7.92. The van der Waals surface area contributed by atoms with E-state index in [2.05, 4.69) is 14.9 Å². The highest BCUT2D eigenvalue weighted by Gasteiger charge is 2.27. The monoisotopic (exact) mass is 461 g/mol. The van der Waals surface area contributed by atoms with E-state index in [4.69, 9.17) is 4.98 Å². The van der Waals surface area contributed by atoms with Crippen LogP contribution in [0.5, 0.6) is 0 Å². The Morgan fingerprint density at radius 2 is 1.85 bits per heavy atom. The van der Waals surface area contributed by atoms with Crippen LogP contribution in [0.3, 0.4) is 0 Å². The quantitative estimate of drug-likeness (QED) is 0.455. The third-order valence-electron chi connectivity index (χ3n) is 6.18. The van der Waals surface area contributed by atoms with Crippen molar-refractivity contribution in [3.8, 4) is 0 Å². The van der Waals surface area contributed by atoms with E-state index in [0.29, 0.717) is 12.2 Å². The minimum absolute atomic E-state index is 0.197. The first-order chi connectivity index (χ1) is 16.1. The molecule has 170 valence electrons. The molecule has 33 heavy (non-hydrogen) atoms. The van der Waals surface area contributed by atoms with E-state index >= 15 is 0 Å². The number of rotatable bonds is 6. The van der Waals surface area contributed by atoms with Gasteiger partial charge < -0.3 is 9.88 Å². The van der Waals surface area contributed by atoms with Gasteiger partial charge in [0.15, 0.2) is 0 Å². The zero-order valence-electron chi connectivity index (χ0n) is 18.6. The van der Waals surface area contributed by atoms with E-state index in [1.807, 2.05) is 55.5 Å². The van der Waals surface area contributed by atoms with Crippen LogP contribution in [0.15, 0.2) is 77.8 Å². The van der Waals surface area contributed by atoms with Crippen molar-refractivity contribution in [2.24, 2.45) is 0 Å². The van der Waals surface area contributed by atoms with Gasteiger partial charge in [-0.15, -0.1) is 0 Å². The van der Waals surface area contributed by atoms with Gasteiger partial charge >= 0.3 is 0 Å². The summed E-state index contributed by atoms with van der Waals surface area (Å²) in [4.78, 5) is 15.2. The third kappa shape index (κ3) is 4.18. The summed E-state index contributed by atoms with van der Waals surface area (Å²) in [5, 5.41) is 0. The van der Waals surface area contributed by atoms with Gasteiger partial charge in [0.2, 0.25) is 0 Å². The molecule has 0 saturated carbocycles. The second kappa shape index (κ2) is 8.86. The molecule has 1 N–H and O–H groups in total. The minimum atomic E-state index is -3.68. The van der Waals surface area contributed by atoms with Gasteiger partial charge in [-0.25, -0.2) is 18.4 Å². The first-order valence-electron chi connectivity index (χ1n) is 11.3. The molecule has 1 fully saturated rings. The number of anilines is 2. The molecule has 0 amide bonds. The second-order valence-corrected chi connectivity index (χ2v) is 10.1. The SMILES string of the molecule is CCN(c1ccccc1)S(=O)(=O)c1ccc(N2CCC[C@H](c3nc4ccccc4[nH]3)C2)nc1. The number of sulfonamides is 1. The van der Waals surface area contributed by atoms with Crippen LogP contribution < -0.4 is 9.21 Å². The minimum Gasteiger partial charge on any atom is -0.356 e. The Morgan fingerprint density at radius 1 is 1.06 bits per heavy atom. The van der Waals surface area contributed by atoms with Crippen LogP contribution in [0.1, 0.15) is 31.5 Å². The van der Waals surface area contributed by atoms with E-state index in [0.717, 1.165) is 48.6 Å².